The molecule has 0 unspecified atom stereocenters. The smallest absolute Gasteiger partial charge is 0.264 e. The first-order valence-corrected chi connectivity index (χ1v) is 10.9. The first kappa shape index (κ1) is 22.0. The zero-order valence-corrected chi connectivity index (χ0v) is 18.0. The molecule has 0 saturated carbocycles. The second-order valence-electron chi connectivity index (χ2n) is 6.70. The summed E-state index contributed by atoms with van der Waals surface area (Å²) >= 11 is 0. The van der Waals surface area contributed by atoms with Gasteiger partial charge in [0, 0.05) is 0 Å². The third kappa shape index (κ3) is 5.49. The molecule has 160 valence electrons. The molecule has 0 saturated heterocycles. The van der Waals surface area contributed by atoms with Gasteiger partial charge in [-0.2, -0.15) is 5.10 Å². The van der Waals surface area contributed by atoms with Gasteiger partial charge in [-0.05, 0) is 42.3 Å². The highest BCUT2D eigenvalue weighted by molar-refractivity contribution is 7.92. The van der Waals surface area contributed by atoms with Crippen LogP contribution in [0.1, 0.15) is 11.1 Å². The van der Waals surface area contributed by atoms with Crippen LogP contribution in [-0.2, 0) is 14.8 Å². The first-order chi connectivity index (χ1) is 14.9. The van der Waals surface area contributed by atoms with Gasteiger partial charge in [-0.25, -0.2) is 13.8 Å². The van der Waals surface area contributed by atoms with Gasteiger partial charge in [0.25, 0.3) is 15.9 Å². The van der Waals surface area contributed by atoms with Gasteiger partial charge < -0.3 is 4.74 Å². The molecule has 8 heteroatoms. The van der Waals surface area contributed by atoms with Gasteiger partial charge in [-0.1, -0.05) is 54.6 Å². The molecule has 0 aliphatic rings. The summed E-state index contributed by atoms with van der Waals surface area (Å²) in [6.45, 7) is 1.36. The Kier molecular flexibility index (Phi) is 7.04. The van der Waals surface area contributed by atoms with Crippen LogP contribution < -0.4 is 14.5 Å². The van der Waals surface area contributed by atoms with Gasteiger partial charge in [0.15, 0.2) is 0 Å². The summed E-state index contributed by atoms with van der Waals surface area (Å²) in [5.74, 6) is -0.249. The predicted octanol–water partition coefficient (Wildman–Crippen LogP) is 3.35. The Morgan fingerprint density at radius 1 is 1.03 bits per heavy atom. The van der Waals surface area contributed by atoms with Crippen LogP contribution in [0.3, 0.4) is 0 Å². The molecule has 0 atom stereocenters. The van der Waals surface area contributed by atoms with E-state index in [0.717, 1.165) is 15.4 Å². The van der Waals surface area contributed by atoms with Crippen molar-refractivity contribution in [1.82, 2.24) is 5.43 Å². The summed E-state index contributed by atoms with van der Waals surface area (Å²) in [4.78, 5) is 12.7. The fraction of sp³-hybridized carbons (Fsp3) is 0.130. The summed E-state index contributed by atoms with van der Waals surface area (Å²) in [7, 11) is -2.59. The van der Waals surface area contributed by atoms with Gasteiger partial charge in [0.05, 0.1) is 23.9 Å². The maximum Gasteiger partial charge on any atom is 0.264 e. The monoisotopic (exact) mass is 437 g/mol. The van der Waals surface area contributed by atoms with Crippen molar-refractivity contribution in [3.05, 3.63) is 90.0 Å². The minimum atomic E-state index is -4.04. The van der Waals surface area contributed by atoms with Crippen LogP contribution in [-0.4, -0.2) is 34.2 Å². The van der Waals surface area contributed by atoms with E-state index in [9.17, 15) is 13.2 Å². The van der Waals surface area contributed by atoms with Crippen LogP contribution in [0.5, 0.6) is 5.75 Å². The average molecular weight is 438 g/mol. The summed E-state index contributed by atoms with van der Waals surface area (Å²) in [6, 6.07) is 22.3. The van der Waals surface area contributed by atoms with Gasteiger partial charge >= 0.3 is 0 Å². The van der Waals surface area contributed by atoms with Crippen molar-refractivity contribution in [3.63, 3.8) is 0 Å². The molecule has 0 fully saturated rings. The van der Waals surface area contributed by atoms with Crippen molar-refractivity contribution in [2.75, 3.05) is 18.0 Å². The summed E-state index contributed by atoms with van der Waals surface area (Å²) < 4.78 is 33.2. The Hall–Kier alpha value is -3.65. The predicted molar refractivity (Wildman–Crippen MR) is 121 cm³/mol. The lowest BCUT2D eigenvalue weighted by molar-refractivity contribution is -0.119. The van der Waals surface area contributed by atoms with Gasteiger partial charge in [0.2, 0.25) is 0 Å². The molecular formula is C23H23N3O4S. The van der Waals surface area contributed by atoms with E-state index < -0.39 is 22.5 Å². The number of carbonyl (C=O) groups excluding carboxylic acids is 1. The fourth-order valence-electron chi connectivity index (χ4n) is 2.90. The molecule has 0 radical (unpaired) electrons. The number of carbonyl (C=O) groups is 1. The van der Waals surface area contributed by atoms with Crippen LogP contribution in [0.25, 0.3) is 0 Å². The molecule has 0 aromatic heterocycles. The third-order valence-electron chi connectivity index (χ3n) is 4.42. The number of sulfonamides is 1. The zero-order valence-electron chi connectivity index (χ0n) is 17.2. The van der Waals surface area contributed by atoms with Crippen molar-refractivity contribution in [2.24, 2.45) is 5.10 Å². The molecule has 0 bridgehead atoms. The minimum absolute atomic E-state index is 0.0687. The number of methoxy groups -OCH3 is 1. The summed E-state index contributed by atoms with van der Waals surface area (Å²) in [5, 5.41) is 3.93. The van der Waals surface area contributed by atoms with Crippen molar-refractivity contribution >= 4 is 27.8 Å². The second kappa shape index (κ2) is 9.90. The molecule has 31 heavy (non-hydrogen) atoms. The van der Waals surface area contributed by atoms with E-state index >= 15 is 0 Å². The van der Waals surface area contributed by atoms with Crippen LogP contribution >= 0.6 is 0 Å². The third-order valence-corrected chi connectivity index (χ3v) is 6.20. The number of hydrazone groups is 1. The molecule has 0 heterocycles. The molecule has 0 aliphatic carbocycles. The molecule has 0 spiro atoms. The Bertz CT molecular complexity index is 1160. The molecule has 3 rings (SSSR count). The maximum atomic E-state index is 13.4. The minimum Gasteiger partial charge on any atom is -0.495 e. The lowest BCUT2D eigenvalue weighted by Gasteiger charge is -2.25. The lowest BCUT2D eigenvalue weighted by Crippen LogP contribution is -2.39. The molecule has 3 aromatic carbocycles. The van der Waals surface area contributed by atoms with E-state index in [1.54, 1.807) is 36.4 Å². The Labute approximate surface area is 182 Å². The average Bonchev–Trinajstić information content (AvgIpc) is 2.78. The summed E-state index contributed by atoms with van der Waals surface area (Å²) in [6.07, 6.45) is 1.49. The van der Waals surface area contributed by atoms with Crippen molar-refractivity contribution in [3.8, 4) is 5.75 Å². The number of benzene rings is 3. The quantitative estimate of drug-likeness (QED) is 0.432. The Morgan fingerprint density at radius 2 is 1.68 bits per heavy atom. The van der Waals surface area contributed by atoms with E-state index in [1.165, 1.54) is 25.5 Å². The van der Waals surface area contributed by atoms with Gasteiger partial charge in [-0.15, -0.1) is 0 Å². The Morgan fingerprint density at radius 3 is 2.32 bits per heavy atom. The van der Waals surface area contributed by atoms with E-state index in [1.807, 2.05) is 37.3 Å². The number of ether oxygens (including phenoxy) is 1. The van der Waals surface area contributed by atoms with Gasteiger partial charge in [0.1, 0.15) is 12.3 Å². The van der Waals surface area contributed by atoms with Crippen LogP contribution in [0.4, 0.5) is 5.69 Å². The second-order valence-corrected chi connectivity index (χ2v) is 8.57. The maximum absolute atomic E-state index is 13.4. The van der Waals surface area contributed by atoms with Crippen molar-refractivity contribution < 1.29 is 17.9 Å². The number of nitrogens with zero attached hydrogens (tertiary/aromatic N) is 2. The number of rotatable bonds is 8. The topological polar surface area (TPSA) is 88.1 Å². The summed E-state index contributed by atoms with van der Waals surface area (Å²) in [5.41, 5.74) is 4.29. The first-order valence-electron chi connectivity index (χ1n) is 9.51. The number of hydrogen-bond donors (Lipinski definition) is 1. The standard InChI is InChI=1S/C23H23N3O4S/c1-18-13-14-22(30-2)21(15-18)26(31(28,29)20-11-7-4-8-12-20)17-23(27)25-24-16-19-9-5-3-6-10-19/h3-16H,17H2,1-2H3,(H,25,27)/b24-16-. The van der Waals surface area contributed by atoms with Crippen LogP contribution in [0.15, 0.2) is 88.9 Å². The SMILES string of the molecule is COc1ccc(C)cc1N(CC(=O)N/N=C\c1ccccc1)S(=O)(=O)c1ccccc1. The Balaban J connectivity index is 1.92. The van der Waals surface area contributed by atoms with Crippen LogP contribution in [0.2, 0.25) is 0 Å². The molecular weight excluding hydrogens is 414 g/mol. The largest absolute Gasteiger partial charge is 0.495 e. The zero-order chi connectivity index (χ0) is 22.3. The normalized spacial score (nSPS) is 11.3. The molecule has 7 nitrogen and oxygen atoms in total. The highest BCUT2D eigenvalue weighted by Crippen LogP contribution is 2.33. The molecule has 3 aromatic rings. The number of amides is 1. The highest BCUT2D eigenvalue weighted by atomic mass is 32.2. The lowest BCUT2D eigenvalue weighted by atomic mass is 10.2. The van der Waals surface area contributed by atoms with E-state index in [2.05, 4.69) is 10.5 Å². The number of anilines is 1. The molecule has 1 amide bonds. The number of nitrogens with one attached hydrogen (secondary N) is 1. The highest BCUT2D eigenvalue weighted by Gasteiger charge is 2.29. The molecule has 1 N–H and O–H groups in total. The van der Waals surface area contributed by atoms with E-state index in [4.69, 9.17) is 4.74 Å². The van der Waals surface area contributed by atoms with E-state index in [-0.39, 0.29) is 10.6 Å². The van der Waals surface area contributed by atoms with Gasteiger partial charge in [-0.3, -0.25) is 9.10 Å². The number of hydrogen-bond acceptors (Lipinski definition) is 5. The van der Waals surface area contributed by atoms with E-state index in [0.29, 0.717) is 5.75 Å². The van der Waals surface area contributed by atoms with Crippen LogP contribution in [0, 0.1) is 6.92 Å². The van der Waals surface area contributed by atoms with Crippen molar-refractivity contribution in [1.29, 1.82) is 0 Å². The fourth-order valence-corrected chi connectivity index (χ4v) is 4.34. The molecule has 0 aliphatic heterocycles. The van der Waals surface area contributed by atoms with Crippen molar-refractivity contribution in [2.45, 2.75) is 11.8 Å². The number of aryl methyl sites for hydroxylation is 1.